The number of amidine groups is 1. The highest BCUT2D eigenvalue weighted by atomic mass is 16.5. The summed E-state index contributed by atoms with van der Waals surface area (Å²) in [6.45, 7) is 11.8. The number of hydrogen-bond donors (Lipinski definition) is 3. The number of nitrogens with one attached hydrogen (secondary N) is 3. The Kier molecular flexibility index (Phi) is 6.59. The third kappa shape index (κ3) is 5.40. The lowest BCUT2D eigenvalue weighted by atomic mass is 10.1. The van der Waals surface area contributed by atoms with Gasteiger partial charge in [0.2, 0.25) is 0 Å². The van der Waals surface area contributed by atoms with Gasteiger partial charge in [-0.3, -0.25) is 5.10 Å². The van der Waals surface area contributed by atoms with Crippen LogP contribution in [0.1, 0.15) is 35.7 Å². The van der Waals surface area contributed by atoms with Crippen molar-refractivity contribution < 1.29 is 4.74 Å². The predicted molar refractivity (Wildman–Crippen MR) is 142 cm³/mol. The van der Waals surface area contributed by atoms with E-state index < -0.39 is 0 Å². The van der Waals surface area contributed by atoms with Gasteiger partial charge in [-0.2, -0.15) is 5.10 Å². The van der Waals surface area contributed by atoms with Gasteiger partial charge in [-0.15, -0.1) is 0 Å². The highest BCUT2D eigenvalue weighted by Crippen LogP contribution is 2.39. The minimum atomic E-state index is 0.215. The first kappa shape index (κ1) is 23.2. The zero-order chi connectivity index (χ0) is 24.4. The summed E-state index contributed by atoms with van der Waals surface area (Å²) in [7, 11) is 2.14. The SMILES string of the molecule is C=N/C(=C\C(=N/COc1ccc2[nH]c(C)cc2c1C)N1CCN(C)CC1)Nc1cc(C2CC2)[nH]n1. The van der Waals surface area contributed by atoms with E-state index in [1.165, 1.54) is 23.9 Å². The smallest absolute Gasteiger partial charge is 0.181 e. The molecule has 3 aromatic rings. The molecular formula is C26H34N8O. The van der Waals surface area contributed by atoms with Crippen LogP contribution in [0.4, 0.5) is 5.82 Å². The zero-order valence-electron chi connectivity index (χ0n) is 20.8. The Balaban J connectivity index is 1.34. The number of aliphatic imine (C=N–C) groups is 2. The molecule has 1 saturated heterocycles. The topological polar surface area (TPSA) is 96.9 Å². The number of aromatic amines is 2. The number of H-pyrrole nitrogens is 2. The van der Waals surface area contributed by atoms with E-state index in [1.54, 1.807) is 0 Å². The molecule has 0 radical (unpaired) electrons. The molecule has 2 aliphatic rings. The van der Waals surface area contributed by atoms with E-state index in [9.17, 15) is 0 Å². The first-order valence-corrected chi connectivity index (χ1v) is 12.2. The number of hydrogen-bond acceptors (Lipinski definition) is 6. The van der Waals surface area contributed by atoms with Gasteiger partial charge in [0, 0.05) is 72.1 Å². The third-order valence-corrected chi connectivity index (χ3v) is 6.74. The van der Waals surface area contributed by atoms with Crippen LogP contribution in [0.5, 0.6) is 5.75 Å². The molecule has 9 nitrogen and oxygen atoms in total. The molecule has 0 atom stereocenters. The standard InChI is InChI=1S/C26H34N8O/c1-17-13-20-18(2)23(8-7-21(20)29-17)35-16-28-26(34-11-9-33(4)10-12-34)15-24(27-3)30-25-14-22(31-32-25)19-5-6-19/h7-8,13-15,19,29H,3,5-6,9-12,16H2,1-2,4H3,(H2,30,31,32)/b24-15+,28-26+. The monoisotopic (exact) mass is 474 g/mol. The fourth-order valence-corrected chi connectivity index (χ4v) is 4.44. The molecule has 3 N–H and O–H groups in total. The summed E-state index contributed by atoms with van der Waals surface area (Å²) < 4.78 is 6.11. The van der Waals surface area contributed by atoms with Crippen molar-refractivity contribution in [2.24, 2.45) is 9.98 Å². The summed E-state index contributed by atoms with van der Waals surface area (Å²) in [5.41, 5.74) is 4.54. The van der Waals surface area contributed by atoms with Gasteiger partial charge in [-0.1, -0.05) is 0 Å². The van der Waals surface area contributed by atoms with Gasteiger partial charge in [0.15, 0.2) is 12.5 Å². The maximum atomic E-state index is 6.11. The second-order valence-electron chi connectivity index (χ2n) is 9.48. The summed E-state index contributed by atoms with van der Waals surface area (Å²) in [5.74, 6) is 3.62. The summed E-state index contributed by atoms with van der Waals surface area (Å²) in [4.78, 5) is 17.0. The number of nitrogens with zero attached hydrogens (tertiary/aromatic N) is 5. The molecule has 3 heterocycles. The molecule has 184 valence electrons. The number of anilines is 1. The molecule has 35 heavy (non-hydrogen) atoms. The number of piperazine rings is 1. The van der Waals surface area contributed by atoms with Crippen molar-refractivity contribution in [3.63, 3.8) is 0 Å². The van der Waals surface area contributed by atoms with Gasteiger partial charge in [0.1, 0.15) is 17.4 Å². The molecule has 1 aliphatic carbocycles. The van der Waals surface area contributed by atoms with Gasteiger partial charge in [0.25, 0.3) is 0 Å². The van der Waals surface area contributed by atoms with Crippen LogP contribution in [0.2, 0.25) is 0 Å². The maximum absolute atomic E-state index is 6.11. The summed E-state index contributed by atoms with van der Waals surface area (Å²) >= 11 is 0. The van der Waals surface area contributed by atoms with Gasteiger partial charge < -0.3 is 24.8 Å². The van der Waals surface area contributed by atoms with Crippen LogP contribution in [0.15, 0.2) is 46.1 Å². The van der Waals surface area contributed by atoms with E-state index in [-0.39, 0.29) is 6.73 Å². The van der Waals surface area contributed by atoms with Crippen molar-refractivity contribution in [2.45, 2.75) is 32.6 Å². The molecule has 1 aliphatic heterocycles. The molecule has 2 aromatic heterocycles. The molecule has 0 bridgehead atoms. The molecule has 1 saturated carbocycles. The molecule has 9 heteroatoms. The van der Waals surface area contributed by atoms with E-state index in [2.05, 4.69) is 75.0 Å². The lowest BCUT2D eigenvalue weighted by molar-refractivity contribution is 0.214. The second-order valence-corrected chi connectivity index (χ2v) is 9.48. The van der Waals surface area contributed by atoms with Gasteiger partial charge in [0.05, 0.1) is 0 Å². The number of fused-ring (bicyclic) bond motifs is 1. The normalized spacial score (nSPS) is 17.7. The Morgan fingerprint density at radius 2 is 2.03 bits per heavy atom. The Morgan fingerprint density at radius 3 is 2.77 bits per heavy atom. The lowest BCUT2D eigenvalue weighted by Crippen LogP contribution is -2.47. The third-order valence-electron chi connectivity index (χ3n) is 6.74. The molecular weight excluding hydrogens is 440 g/mol. The van der Waals surface area contributed by atoms with E-state index in [0.717, 1.165) is 60.4 Å². The van der Waals surface area contributed by atoms with E-state index >= 15 is 0 Å². The fourth-order valence-electron chi connectivity index (χ4n) is 4.44. The largest absolute Gasteiger partial charge is 0.471 e. The highest BCUT2D eigenvalue weighted by Gasteiger charge is 2.25. The predicted octanol–water partition coefficient (Wildman–Crippen LogP) is 4.02. The van der Waals surface area contributed by atoms with Crippen molar-refractivity contribution in [3.8, 4) is 5.75 Å². The minimum Gasteiger partial charge on any atom is -0.471 e. The zero-order valence-corrected chi connectivity index (χ0v) is 20.8. The Morgan fingerprint density at radius 1 is 1.23 bits per heavy atom. The van der Waals surface area contributed by atoms with Gasteiger partial charge >= 0.3 is 0 Å². The molecule has 2 fully saturated rings. The number of aromatic nitrogens is 3. The van der Waals surface area contributed by atoms with Gasteiger partial charge in [-0.25, -0.2) is 9.98 Å². The molecule has 0 spiro atoms. The van der Waals surface area contributed by atoms with Gasteiger partial charge in [-0.05, 0) is 58.7 Å². The Hall–Kier alpha value is -3.59. The van der Waals surface area contributed by atoms with Crippen LogP contribution in [0.3, 0.4) is 0 Å². The number of aryl methyl sites for hydroxylation is 2. The molecule has 1 aromatic carbocycles. The van der Waals surface area contributed by atoms with Crippen LogP contribution in [-0.4, -0.2) is 77.5 Å². The van der Waals surface area contributed by atoms with Crippen molar-refractivity contribution in [1.82, 2.24) is 25.0 Å². The average molecular weight is 475 g/mol. The summed E-state index contributed by atoms with van der Waals surface area (Å²) in [6.07, 6.45) is 4.37. The number of benzene rings is 1. The van der Waals surface area contributed by atoms with Crippen molar-refractivity contribution in [3.05, 3.63) is 53.1 Å². The first-order chi connectivity index (χ1) is 17.0. The Bertz CT molecular complexity index is 1260. The lowest BCUT2D eigenvalue weighted by Gasteiger charge is -2.33. The number of ether oxygens (including phenoxy) is 1. The van der Waals surface area contributed by atoms with Crippen LogP contribution >= 0.6 is 0 Å². The van der Waals surface area contributed by atoms with Crippen molar-refractivity contribution >= 4 is 29.3 Å². The van der Waals surface area contributed by atoms with E-state index in [1.807, 2.05) is 18.2 Å². The maximum Gasteiger partial charge on any atom is 0.181 e. The quantitative estimate of drug-likeness (QED) is 0.338. The average Bonchev–Trinajstić information content (AvgIpc) is 3.47. The minimum absolute atomic E-state index is 0.215. The first-order valence-electron chi connectivity index (χ1n) is 12.2. The fraction of sp³-hybridized carbons (Fsp3) is 0.423. The highest BCUT2D eigenvalue weighted by molar-refractivity contribution is 5.94. The van der Waals surface area contributed by atoms with Crippen molar-refractivity contribution in [2.75, 3.05) is 45.3 Å². The number of likely N-dealkylation sites (N-methyl/N-ethyl adjacent to an activating group) is 1. The summed E-state index contributed by atoms with van der Waals surface area (Å²) in [5, 5.41) is 12.0. The molecule has 0 amide bonds. The van der Waals surface area contributed by atoms with Crippen LogP contribution in [0, 0.1) is 13.8 Å². The van der Waals surface area contributed by atoms with E-state index in [0.29, 0.717) is 11.7 Å². The Labute approximate surface area is 206 Å². The van der Waals surface area contributed by atoms with Crippen molar-refractivity contribution in [1.29, 1.82) is 0 Å². The number of rotatable bonds is 8. The molecule has 5 rings (SSSR count). The van der Waals surface area contributed by atoms with E-state index in [4.69, 9.17) is 9.73 Å². The van der Waals surface area contributed by atoms with Crippen LogP contribution < -0.4 is 10.1 Å². The molecule has 0 unspecified atom stereocenters. The summed E-state index contributed by atoms with van der Waals surface area (Å²) in [6, 6.07) is 8.26. The van der Waals surface area contributed by atoms with Crippen LogP contribution in [-0.2, 0) is 0 Å². The second kappa shape index (κ2) is 9.95. The van der Waals surface area contributed by atoms with Crippen LogP contribution in [0.25, 0.3) is 10.9 Å².